The molecule has 0 atom stereocenters. The van der Waals surface area contributed by atoms with Crippen LogP contribution < -0.4 is 5.32 Å². The normalized spacial score (nSPS) is 10.1. The van der Waals surface area contributed by atoms with Gasteiger partial charge in [0.1, 0.15) is 0 Å². The summed E-state index contributed by atoms with van der Waals surface area (Å²) in [6.07, 6.45) is 0. The molecule has 0 aliphatic heterocycles. The van der Waals surface area contributed by atoms with Crippen LogP contribution in [0.4, 0.5) is 5.69 Å². The molecule has 0 bridgehead atoms. The minimum atomic E-state index is -1.21. The van der Waals surface area contributed by atoms with Crippen LogP contribution in [0.25, 0.3) is 0 Å². The van der Waals surface area contributed by atoms with Gasteiger partial charge in [-0.3, -0.25) is 4.79 Å². The van der Waals surface area contributed by atoms with E-state index in [0.29, 0.717) is 5.69 Å². The first kappa shape index (κ1) is 12.6. The van der Waals surface area contributed by atoms with Crippen LogP contribution in [0.2, 0.25) is 0 Å². The lowest BCUT2D eigenvalue weighted by Crippen LogP contribution is -2.10. The number of carboxylic acid groups (broad SMARTS) is 1. The van der Waals surface area contributed by atoms with Crippen molar-refractivity contribution < 1.29 is 19.1 Å². The van der Waals surface area contributed by atoms with Crippen molar-refractivity contribution in [1.29, 1.82) is 0 Å². The van der Waals surface area contributed by atoms with E-state index in [2.05, 4.69) is 27.9 Å². The third kappa shape index (κ3) is 2.89. The molecule has 2 rings (SSSR count). The van der Waals surface area contributed by atoms with Crippen molar-refractivity contribution in [2.45, 2.75) is 0 Å². The van der Waals surface area contributed by atoms with Crippen LogP contribution in [-0.2, 0) is 0 Å². The first-order chi connectivity index (χ1) is 8.56. The maximum Gasteiger partial charge on any atom is 0.371 e. The molecule has 6 heteroatoms. The Morgan fingerprint density at radius 2 is 1.67 bits per heavy atom. The van der Waals surface area contributed by atoms with Crippen molar-refractivity contribution in [3.8, 4) is 0 Å². The second kappa shape index (κ2) is 5.21. The summed E-state index contributed by atoms with van der Waals surface area (Å²) >= 11 is 2.16. The Balaban J connectivity index is 2.11. The highest BCUT2D eigenvalue weighted by Crippen LogP contribution is 2.14. The molecule has 1 aromatic carbocycles. The number of benzene rings is 1. The number of carboxylic acids is 1. The van der Waals surface area contributed by atoms with Crippen molar-refractivity contribution in [3.63, 3.8) is 0 Å². The van der Waals surface area contributed by atoms with Crippen LogP contribution in [0, 0.1) is 3.57 Å². The molecule has 0 aliphatic carbocycles. The third-order valence-electron chi connectivity index (χ3n) is 2.14. The maximum absolute atomic E-state index is 11.7. The van der Waals surface area contributed by atoms with E-state index in [1.54, 1.807) is 12.1 Å². The molecule has 18 heavy (non-hydrogen) atoms. The SMILES string of the molecule is O=C(O)c1ccc(C(=O)Nc2ccc(I)cc2)o1. The quantitative estimate of drug-likeness (QED) is 0.828. The molecule has 0 unspecified atom stereocenters. The molecule has 92 valence electrons. The average molecular weight is 357 g/mol. The van der Waals surface area contributed by atoms with E-state index in [0.717, 1.165) is 3.57 Å². The Kier molecular flexibility index (Phi) is 3.66. The van der Waals surface area contributed by atoms with Gasteiger partial charge in [-0.2, -0.15) is 0 Å². The second-order valence-electron chi connectivity index (χ2n) is 3.43. The Labute approximate surface area is 116 Å². The number of anilines is 1. The number of carbonyl (C=O) groups excluding carboxylic acids is 1. The minimum absolute atomic E-state index is 0.0362. The first-order valence-corrected chi connectivity index (χ1v) is 6.04. The maximum atomic E-state index is 11.7. The van der Waals surface area contributed by atoms with E-state index in [4.69, 9.17) is 9.52 Å². The highest BCUT2D eigenvalue weighted by Gasteiger charge is 2.14. The van der Waals surface area contributed by atoms with Crippen molar-refractivity contribution in [2.24, 2.45) is 0 Å². The molecule has 0 fully saturated rings. The molecule has 1 aromatic heterocycles. The lowest BCUT2D eigenvalue weighted by Gasteiger charge is -2.02. The smallest absolute Gasteiger partial charge is 0.371 e. The number of furan rings is 1. The predicted octanol–water partition coefficient (Wildman–Crippen LogP) is 2.83. The van der Waals surface area contributed by atoms with Gasteiger partial charge < -0.3 is 14.8 Å². The van der Waals surface area contributed by atoms with Crippen molar-refractivity contribution in [1.82, 2.24) is 0 Å². The molecular weight excluding hydrogens is 349 g/mol. The summed E-state index contributed by atoms with van der Waals surface area (Å²) in [6, 6.07) is 9.76. The van der Waals surface area contributed by atoms with Crippen LogP contribution in [-0.4, -0.2) is 17.0 Å². The Morgan fingerprint density at radius 1 is 1.06 bits per heavy atom. The van der Waals surface area contributed by atoms with Gasteiger partial charge in [0.25, 0.3) is 5.91 Å². The molecule has 1 heterocycles. The highest BCUT2D eigenvalue weighted by atomic mass is 127. The van der Waals surface area contributed by atoms with Crippen molar-refractivity contribution in [3.05, 3.63) is 51.5 Å². The van der Waals surface area contributed by atoms with Gasteiger partial charge in [-0.15, -0.1) is 0 Å². The fourth-order valence-electron chi connectivity index (χ4n) is 1.30. The van der Waals surface area contributed by atoms with E-state index in [-0.39, 0.29) is 11.5 Å². The summed E-state index contributed by atoms with van der Waals surface area (Å²) in [6.45, 7) is 0. The van der Waals surface area contributed by atoms with E-state index in [1.807, 2.05) is 12.1 Å². The van der Waals surface area contributed by atoms with Gasteiger partial charge in [0.15, 0.2) is 5.76 Å². The average Bonchev–Trinajstić information content (AvgIpc) is 2.81. The van der Waals surface area contributed by atoms with Crippen LogP contribution in [0.5, 0.6) is 0 Å². The predicted molar refractivity (Wildman–Crippen MR) is 72.8 cm³/mol. The largest absolute Gasteiger partial charge is 0.475 e. The number of nitrogens with one attached hydrogen (secondary N) is 1. The Hall–Kier alpha value is -1.83. The number of rotatable bonds is 3. The number of aromatic carboxylic acids is 1. The standard InChI is InChI=1S/C12H8INO4/c13-7-1-3-8(4-2-7)14-11(15)9-5-6-10(18-9)12(16)17/h1-6H,(H,14,15)(H,16,17). The van der Waals surface area contributed by atoms with Crippen LogP contribution in [0.1, 0.15) is 21.1 Å². The molecule has 0 saturated heterocycles. The van der Waals surface area contributed by atoms with Crippen LogP contribution >= 0.6 is 22.6 Å². The van der Waals surface area contributed by atoms with Gasteiger partial charge in [-0.1, -0.05) is 0 Å². The topological polar surface area (TPSA) is 79.5 Å². The second-order valence-corrected chi connectivity index (χ2v) is 4.68. The number of halogens is 1. The van der Waals surface area contributed by atoms with Gasteiger partial charge in [-0.05, 0) is 59.0 Å². The van der Waals surface area contributed by atoms with Gasteiger partial charge in [0.05, 0.1) is 0 Å². The molecule has 0 spiro atoms. The number of amides is 1. The fourth-order valence-corrected chi connectivity index (χ4v) is 1.66. The Bertz CT molecular complexity index is 588. The number of hydrogen-bond acceptors (Lipinski definition) is 3. The van der Waals surface area contributed by atoms with Crippen molar-refractivity contribution >= 4 is 40.2 Å². The summed E-state index contributed by atoms with van der Waals surface area (Å²) in [5.74, 6) is -1.99. The monoisotopic (exact) mass is 357 g/mol. The summed E-state index contributed by atoms with van der Waals surface area (Å²) in [5, 5.41) is 11.3. The number of hydrogen-bond donors (Lipinski definition) is 2. The van der Waals surface area contributed by atoms with Crippen LogP contribution in [0.15, 0.2) is 40.8 Å². The van der Waals surface area contributed by atoms with Gasteiger partial charge in [0, 0.05) is 9.26 Å². The van der Waals surface area contributed by atoms with E-state index in [1.165, 1.54) is 12.1 Å². The first-order valence-electron chi connectivity index (χ1n) is 4.96. The fraction of sp³-hybridized carbons (Fsp3) is 0. The highest BCUT2D eigenvalue weighted by molar-refractivity contribution is 14.1. The Morgan fingerprint density at radius 3 is 2.22 bits per heavy atom. The lowest BCUT2D eigenvalue weighted by molar-refractivity contribution is 0.0660. The summed E-state index contributed by atoms with van der Waals surface area (Å²) < 4.78 is 5.94. The minimum Gasteiger partial charge on any atom is -0.475 e. The molecular formula is C12H8INO4. The zero-order valence-corrected chi connectivity index (χ0v) is 11.2. The summed E-state index contributed by atoms with van der Waals surface area (Å²) in [7, 11) is 0. The molecule has 2 N–H and O–H groups in total. The zero-order chi connectivity index (χ0) is 13.1. The van der Waals surface area contributed by atoms with Crippen molar-refractivity contribution in [2.75, 3.05) is 5.32 Å². The molecule has 0 aliphatic rings. The summed E-state index contributed by atoms with van der Waals surface area (Å²) in [4.78, 5) is 22.3. The number of carbonyl (C=O) groups is 2. The molecule has 0 saturated carbocycles. The molecule has 0 radical (unpaired) electrons. The van der Waals surface area contributed by atoms with E-state index >= 15 is 0 Å². The van der Waals surface area contributed by atoms with E-state index < -0.39 is 11.9 Å². The van der Waals surface area contributed by atoms with E-state index in [9.17, 15) is 9.59 Å². The summed E-state index contributed by atoms with van der Waals surface area (Å²) in [5.41, 5.74) is 0.619. The van der Waals surface area contributed by atoms with Gasteiger partial charge in [-0.25, -0.2) is 4.79 Å². The van der Waals surface area contributed by atoms with Crippen LogP contribution in [0.3, 0.4) is 0 Å². The third-order valence-corrected chi connectivity index (χ3v) is 2.86. The molecule has 1 amide bonds. The van der Waals surface area contributed by atoms with Gasteiger partial charge in [0.2, 0.25) is 5.76 Å². The van der Waals surface area contributed by atoms with Gasteiger partial charge >= 0.3 is 5.97 Å². The lowest BCUT2D eigenvalue weighted by atomic mass is 10.3. The molecule has 2 aromatic rings. The molecule has 5 nitrogen and oxygen atoms in total. The zero-order valence-electron chi connectivity index (χ0n) is 9.01.